The van der Waals surface area contributed by atoms with Crippen LogP contribution in [0.15, 0.2) is 24.3 Å². The van der Waals surface area contributed by atoms with Crippen LogP contribution in [-0.4, -0.2) is 36.4 Å². The molecule has 0 aliphatic rings. The molecular formula is C11H12O6. The van der Waals surface area contributed by atoms with Gasteiger partial charge in [-0.1, -0.05) is 18.2 Å². The maximum atomic E-state index is 11.2. The molecule has 0 aromatic heterocycles. The van der Waals surface area contributed by atoms with Gasteiger partial charge in [0.05, 0.1) is 5.56 Å². The first-order valence-corrected chi connectivity index (χ1v) is 4.66. The Bertz CT molecular complexity index is 435. The average Bonchev–Trinajstić information content (AvgIpc) is 2.31. The Morgan fingerprint density at radius 2 is 1.65 bits per heavy atom. The molecule has 0 bridgehead atoms. The largest absolute Gasteiger partial charge is 0.478 e. The van der Waals surface area contributed by atoms with Crippen LogP contribution < -0.4 is 0 Å². The van der Waals surface area contributed by atoms with E-state index < -0.39 is 17.7 Å². The number of carboxylic acid groups (broad SMARTS) is 2. The van der Waals surface area contributed by atoms with E-state index in [0.717, 1.165) is 14.2 Å². The summed E-state index contributed by atoms with van der Waals surface area (Å²) < 4.78 is 9.68. The van der Waals surface area contributed by atoms with Crippen molar-refractivity contribution in [1.82, 2.24) is 0 Å². The van der Waals surface area contributed by atoms with E-state index in [4.69, 9.17) is 19.7 Å². The van der Waals surface area contributed by atoms with Gasteiger partial charge < -0.3 is 19.7 Å². The molecule has 0 spiro atoms. The molecule has 17 heavy (non-hydrogen) atoms. The van der Waals surface area contributed by atoms with Crippen LogP contribution in [0.4, 0.5) is 0 Å². The summed E-state index contributed by atoms with van der Waals surface area (Å²) >= 11 is 0. The molecule has 2 N–H and O–H groups in total. The lowest BCUT2D eigenvalue weighted by Gasteiger charge is -2.27. The number of rotatable bonds is 5. The molecule has 6 nitrogen and oxygen atoms in total. The summed E-state index contributed by atoms with van der Waals surface area (Å²) in [5, 5.41) is 18.1. The van der Waals surface area contributed by atoms with E-state index in [0.29, 0.717) is 0 Å². The van der Waals surface area contributed by atoms with Crippen molar-refractivity contribution in [3.8, 4) is 0 Å². The Morgan fingerprint density at radius 3 is 2.06 bits per heavy atom. The number of methoxy groups -OCH3 is 2. The van der Waals surface area contributed by atoms with Gasteiger partial charge in [-0.15, -0.1) is 0 Å². The lowest BCUT2D eigenvalue weighted by molar-refractivity contribution is -0.231. The smallest absolute Gasteiger partial charge is 0.369 e. The molecule has 0 fully saturated rings. The summed E-state index contributed by atoms with van der Waals surface area (Å²) in [6, 6.07) is 5.63. The average molecular weight is 240 g/mol. The monoisotopic (exact) mass is 240 g/mol. The zero-order chi connectivity index (χ0) is 13.1. The van der Waals surface area contributed by atoms with E-state index in [1.807, 2.05) is 0 Å². The molecule has 6 heteroatoms. The van der Waals surface area contributed by atoms with Crippen LogP contribution in [-0.2, 0) is 20.1 Å². The van der Waals surface area contributed by atoms with E-state index in [-0.39, 0.29) is 11.1 Å². The van der Waals surface area contributed by atoms with Crippen molar-refractivity contribution in [3.05, 3.63) is 35.4 Å². The van der Waals surface area contributed by atoms with Crippen molar-refractivity contribution >= 4 is 11.9 Å². The van der Waals surface area contributed by atoms with E-state index in [1.54, 1.807) is 0 Å². The van der Waals surface area contributed by atoms with Gasteiger partial charge in [0.1, 0.15) is 0 Å². The highest BCUT2D eigenvalue weighted by molar-refractivity contribution is 5.92. The van der Waals surface area contributed by atoms with Crippen molar-refractivity contribution in [3.63, 3.8) is 0 Å². The molecule has 0 unspecified atom stereocenters. The predicted molar refractivity (Wildman–Crippen MR) is 56.7 cm³/mol. The van der Waals surface area contributed by atoms with Crippen molar-refractivity contribution in [2.24, 2.45) is 0 Å². The maximum Gasteiger partial charge on any atom is 0.369 e. The standard InChI is InChI=1S/C11H12O6/c1-16-11(17-2,10(14)15)8-6-4-3-5-7(8)9(12)13/h3-6H,1-2H3,(H,12,13)(H,14,15). The Hall–Kier alpha value is -1.92. The van der Waals surface area contributed by atoms with Crippen molar-refractivity contribution in [2.45, 2.75) is 5.79 Å². The molecule has 0 aliphatic carbocycles. The van der Waals surface area contributed by atoms with Crippen LogP contribution in [0.3, 0.4) is 0 Å². The lowest BCUT2D eigenvalue weighted by Crippen LogP contribution is -2.41. The van der Waals surface area contributed by atoms with Crippen molar-refractivity contribution in [2.75, 3.05) is 14.2 Å². The van der Waals surface area contributed by atoms with Crippen molar-refractivity contribution in [1.29, 1.82) is 0 Å². The van der Waals surface area contributed by atoms with Crippen LogP contribution in [0.2, 0.25) is 0 Å². The molecule has 1 aromatic rings. The van der Waals surface area contributed by atoms with E-state index >= 15 is 0 Å². The molecule has 0 saturated heterocycles. The minimum Gasteiger partial charge on any atom is -0.478 e. The first-order valence-electron chi connectivity index (χ1n) is 4.66. The topological polar surface area (TPSA) is 93.1 Å². The second kappa shape index (κ2) is 4.94. The van der Waals surface area contributed by atoms with Gasteiger partial charge in [-0.25, -0.2) is 9.59 Å². The van der Waals surface area contributed by atoms with E-state index in [9.17, 15) is 9.59 Å². The van der Waals surface area contributed by atoms with Gasteiger partial charge in [0.25, 0.3) is 5.79 Å². The van der Waals surface area contributed by atoms with E-state index in [2.05, 4.69) is 0 Å². The van der Waals surface area contributed by atoms with Crippen LogP contribution >= 0.6 is 0 Å². The van der Waals surface area contributed by atoms with Crippen LogP contribution in [0.1, 0.15) is 15.9 Å². The van der Waals surface area contributed by atoms with Gasteiger partial charge in [0.2, 0.25) is 0 Å². The van der Waals surface area contributed by atoms with Gasteiger partial charge in [-0.3, -0.25) is 0 Å². The van der Waals surface area contributed by atoms with Crippen molar-refractivity contribution < 1.29 is 29.3 Å². The number of ether oxygens (including phenoxy) is 2. The number of carbonyl (C=O) groups is 2. The lowest BCUT2D eigenvalue weighted by atomic mass is 9.99. The summed E-state index contributed by atoms with van der Waals surface area (Å²) in [6.07, 6.45) is 0. The Morgan fingerprint density at radius 1 is 1.12 bits per heavy atom. The number of aliphatic carboxylic acids is 1. The minimum absolute atomic E-state index is 0.0648. The van der Waals surface area contributed by atoms with Crippen LogP contribution in [0.5, 0.6) is 0 Å². The minimum atomic E-state index is -2.12. The molecule has 0 heterocycles. The fourth-order valence-corrected chi connectivity index (χ4v) is 1.55. The third-order valence-electron chi connectivity index (χ3n) is 2.37. The Balaban J connectivity index is 3.48. The summed E-state index contributed by atoms with van der Waals surface area (Å²) in [5.74, 6) is -4.79. The van der Waals surface area contributed by atoms with E-state index in [1.165, 1.54) is 24.3 Å². The molecule has 0 amide bonds. The molecule has 0 radical (unpaired) electrons. The number of hydrogen-bond acceptors (Lipinski definition) is 4. The Labute approximate surface area is 97.4 Å². The molecule has 1 rings (SSSR count). The summed E-state index contributed by atoms with van der Waals surface area (Å²) in [5.41, 5.74) is -0.247. The normalized spacial score (nSPS) is 11.2. The third kappa shape index (κ3) is 2.13. The highest BCUT2D eigenvalue weighted by atomic mass is 16.7. The zero-order valence-corrected chi connectivity index (χ0v) is 9.34. The Kier molecular flexibility index (Phi) is 3.82. The molecule has 0 atom stereocenters. The number of carboxylic acids is 2. The molecule has 0 saturated carbocycles. The molecular weight excluding hydrogens is 228 g/mol. The number of aromatic carboxylic acids is 1. The predicted octanol–water partition coefficient (Wildman–Crippen LogP) is 0.915. The summed E-state index contributed by atoms with van der Waals surface area (Å²) in [7, 11) is 2.27. The second-order valence-corrected chi connectivity index (χ2v) is 3.18. The summed E-state index contributed by atoms with van der Waals surface area (Å²) in [4.78, 5) is 22.2. The molecule has 0 aliphatic heterocycles. The highest BCUT2D eigenvalue weighted by Crippen LogP contribution is 2.29. The first-order chi connectivity index (χ1) is 7.99. The maximum absolute atomic E-state index is 11.2. The molecule has 92 valence electrons. The van der Waals surface area contributed by atoms with Gasteiger partial charge in [-0.2, -0.15) is 0 Å². The number of benzene rings is 1. The van der Waals surface area contributed by atoms with Gasteiger partial charge in [-0.05, 0) is 6.07 Å². The van der Waals surface area contributed by atoms with Gasteiger partial charge >= 0.3 is 11.9 Å². The van der Waals surface area contributed by atoms with Gasteiger partial charge in [0.15, 0.2) is 0 Å². The van der Waals surface area contributed by atoms with Gasteiger partial charge in [0, 0.05) is 19.8 Å². The van der Waals surface area contributed by atoms with Crippen LogP contribution in [0.25, 0.3) is 0 Å². The zero-order valence-electron chi connectivity index (χ0n) is 9.34. The summed E-state index contributed by atoms with van der Waals surface area (Å²) in [6.45, 7) is 0. The molecule has 1 aromatic carbocycles. The SMILES string of the molecule is COC(OC)(C(=O)O)c1ccccc1C(=O)O. The third-order valence-corrected chi connectivity index (χ3v) is 2.37. The quantitative estimate of drug-likeness (QED) is 0.743. The number of hydrogen-bond donors (Lipinski definition) is 2. The van der Waals surface area contributed by atoms with Crippen LogP contribution in [0, 0.1) is 0 Å². The fraction of sp³-hybridized carbons (Fsp3) is 0.273. The second-order valence-electron chi connectivity index (χ2n) is 3.18. The fourth-order valence-electron chi connectivity index (χ4n) is 1.55. The highest BCUT2D eigenvalue weighted by Gasteiger charge is 2.44. The first kappa shape index (κ1) is 13.1.